The predicted molar refractivity (Wildman–Crippen MR) is 40.0 cm³/mol. The first kappa shape index (κ1) is 7.01. The lowest BCUT2D eigenvalue weighted by Gasteiger charge is -2.20. The Morgan fingerprint density at radius 2 is 2.09 bits per heavy atom. The average Bonchev–Trinajstić information content (AvgIpc) is 2.33. The van der Waals surface area contributed by atoms with Gasteiger partial charge in [0.25, 0.3) is 0 Å². The first-order valence-electron chi connectivity index (χ1n) is 4.16. The normalized spacial score (nSPS) is 48.9. The molecule has 0 amide bonds. The van der Waals surface area contributed by atoms with Gasteiger partial charge in [-0.3, -0.25) is 9.59 Å². The zero-order valence-electron chi connectivity index (χ0n) is 6.89. The van der Waals surface area contributed by atoms with Gasteiger partial charge in [-0.05, 0) is 18.8 Å². The van der Waals surface area contributed by atoms with Crippen molar-refractivity contribution < 1.29 is 9.59 Å². The summed E-state index contributed by atoms with van der Waals surface area (Å²) in [5.41, 5.74) is -0.290. The van der Waals surface area contributed by atoms with Gasteiger partial charge in [0.1, 0.15) is 0 Å². The lowest BCUT2D eigenvalue weighted by Crippen LogP contribution is -2.29. The average molecular weight is 152 g/mol. The molecular formula is C9H12O2. The van der Waals surface area contributed by atoms with Gasteiger partial charge in [0.2, 0.25) is 11.6 Å². The minimum atomic E-state index is -0.290. The first-order chi connectivity index (χ1) is 5.07. The molecule has 0 aliphatic heterocycles. The molecule has 2 rings (SSSR count). The Kier molecular flexibility index (Phi) is 1.11. The van der Waals surface area contributed by atoms with Crippen LogP contribution in [0.2, 0.25) is 0 Å². The summed E-state index contributed by atoms with van der Waals surface area (Å²) in [6.45, 7) is 3.96. The molecule has 0 aromatic heterocycles. The van der Waals surface area contributed by atoms with Gasteiger partial charge in [-0.1, -0.05) is 13.8 Å². The highest BCUT2D eigenvalue weighted by Gasteiger charge is 2.59. The van der Waals surface area contributed by atoms with Gasteiger partial charge in [-0.2, -0.15) is 0 Å². The molecule has 2 saturated carbocycles. The van der Waals surface area contributed by atoms with Gasteiger partial charge in [0.05, 0.1) is 0 Å². The summed E-state index contributed by atoms with van der Waals surface area (Å²) in [6, 6.07) is 0. The van der Waals surface area contributed by atoms with E-state index in [1.807, 2.05) is 13.8 Å². The number of hydrogen-bond donors (Lipinski definition) is 0. The van der Waals surface area contributed by atoms with Crippen molar-refractivity contribution in [1.29, 1.82) is 0 Å². The number of rotatable bonds is 0. The van der Waals surface area contributed by atoms with Crippen molar-refractivity contribution >= 4 is 11.6 Å². The highest BCUT2D eigenvalue weighted by molar-refractivity contribution is 6.42. The van der Waals surface area contributed by atoms with Crippen LogP contribution in [-0.4, -0.2) is 11.6 Å². The molecule has 0 saturated heterocycles. The Morgan fingerprint density at radius 1 is 1.45 bits per heavy atom. The zero-order valence-corrected chi connectivity index (χ0v) is 6.89. The van der Waals surface area contributed by atoms with Crippen LogP contribution in [0.4, 0.5) is 0 Å². The monoisotopic (exact) mass is 152 g/mol. The third-order valence-corrected chi connectivity index (χ3v) is 3.66. The molecular weight excluding hydrogens is 140 g/mol. The minimum Gasteiger partial charge on any atom is -0.291 e. The third kappa shape index (κ3) is 0.585. The van der Waals surface area contributed by atoms with E-state index in [2.05, 4.69) is 0 Å². The second-order valence-corrected chi connectivity index (χ2v) is 4.04. The summed E-state index contributed by atoms with van der Waals surface area (Å²) < 4.78 is 0. The van der Waals surface area contributed by atoms with Gasteiger partial charge < -0.3 is 0 Å². The molecule has 0 spiro atoms. The lowest BCUT2D eigenvalue weighted by molar-refractivity contribution is -0.141. The topological polar surface area (TPSA) is 34.1 Å². The fourth-order valence-corrected chi connectivity index (χ4v) is 2.51. The van der Waals surface area contributed by atoms with E-state index in [9.17, 15) is 9.59 Å². The number of hydrogen-bond acceptors (Lipinski definition) is 2. The molecule has 2 aliphatic rings. The van der Waals surface area contributed by atoms with Crippen LogP contribution < -0.4 is 0 Å². The summed E-state index contributed by atoms with van der Waals surface area (Å²) >= 11 is 0. The minimum absolute atomic E-state index is 0.0625. The molecule has 2 fully saturated rings. The van der Waals surface area contributed by atoms with Gasteiger partial charge >= 0.3 is 0 Å². The molecule has 2 aliphatic carbocycles. The maximum atomic E-state index is 11.3. The van der Waals surface area contributed by atoms with E-state index < -0.39 is 0 Å². The van der Waals surface area contributed by atoms with E-state index in [0.29, 0.717) is 5.92 Å². The predicted octanol–water partition coefficient (Wildman–Crippen LogP) is 1.19. The van der Waals surface area contributed by atoms with E-state index in [0.717, 1.165) is 12.8 Å². The largest absolute Gasteiger partial charge is 0.291 e. The lowest BCUT2D eigenvalue weighted by atomic mass is 9.81. The van der Waals surface area contributed by atoms with Crippen LogP contribution in [0.3, 0.4) is 0 Å². The van der Waals surface area contributed by atoms with E-state index in [4.69, 9.17) is 0 Å². The number of ketones is 2. The number of carbonyl (C=O) groups is 2. The molecule has 11 heavy (non-hydrogen) atoms. The van der Waals surface area contributed by atoms with Crippen molar-refractivity contribution in [3.8, 4) is 0 Å². The van der Waals surface area contributed by atoms with Crippen LogP contribution in [0.1, 0.15) is 26.7 Å². The second-order valence-electron chi connectivity index (χ2n) is 4.04. The summed E-state index contributed by atoms with van der Waals surface area (Å²) in [7, 11) is 0. The Balaban J connectivity index is 2.48. The molecule has 2 bridgehead atoms. The van der Waals surface area contributed by atoms with Crippen LogP contribution in [0.5, 0.6) is 0 Å². The number of Topliss-reactive ketones (excluding diaryl/α,β-unsaturated/α-hetero) is 2. The van der Waals surface area contributed by atoms with Crippen LogP contribution >= 0.6 is 0 Å². The Labute approximate surface area is 66.0 Å². The number of carbonyl (C=O) groups excluding carboxylic acids is 2. The molecule has 0 N–H and O–H groups in total. The van der Waals surface area contributed by atoms with Crippen molar-refractivity contribution in [2.45, 2.75) is 26.7 Å². The van der Waals surface area contributed by atoms with E-state index in [1.165, 1.54) is 0 Å². The smallest absolute Gasteiger partial charge is 0.204 e. The fourth-order valence-electron chi connectivity index (χ4n) is 2.51. The van der Waals surface area contributed by atoms with E-state index >= 15 is 0 Å². The Bertz CT molecular complexity index is 244. The van der Waals surface area contributed by atoms with Gasteiger partial charge in [-0.15, -0.1) is 0 Å². The third-order valence-electron chi connectivity index (χ3n) is 3.66. The van der Waals surface area contributed by atoms with Crippen molar-refractivity contribution in [1.82, 2.24) is 0 Å². The summed E-state index contributed by atoms with van der Waals surface area (Å²) in [4.78, 5) is 22.6. The quantitative estimate of drug-likeness (QED) is 0.488. The molecule has 3 atom stereocenters. The Morgan fingerprint density at radius 3 is 2.36 bits per heavy atom. The maximum Gasteiger partial charge on any atom is 0.204 e. The second kappa shape index (κ2) is 1.74. The molecule has 0 aromatic carbocycles. The summed E-state index contributed by atoms with van der Waals surface area (Å²) in [5.74, 6) is 0.141. The van der Waals surface area contributed by atoms with Crippen LogP contribution in [-0.2, 0) is 9.59 Å². The molecule has 0 radical (unpaired) electrons. The van der Waals surface area contributed by atoms with Crippen molar-refractivity contribution in [3.63, 3.8) is 0 Å². The molecule has 0 unspecified atom stereocenters. The Hall–Kier alpha value is -0.660. The van der Waals surface area contributed by atoms with Gasteiger partial charge in [-0.25, -0.2) is 0 Å². The highest BCUT2D eigenvalue weighted by Crippen LogP contribution is 2.53. The molecule has 60 valence electrons. The van der Waals surface area contributed by atoms with Gasteiger partial charge in [0, 0.05) is 11.3 Å². The molecule has 0 aromatic rings. The van der Waals surface area contributed by atoms with Crippen molar-refractivity contribution in [2.24, 2.45) is 17.3 Å². The summed E-state index contributed by atoms with van der Waals surface area (Å²) in [5, 5.41) is 0. The van der Waals surface area contributed by atoms with E-state index in [1.54, 1.807) is 0 Å². The van der Waals surface area contributed by atoms with Crippen LogP contribution in [0, 0.1) is 17.3 Å². The maximum absolute atomic E-state index is 11.3. The SMILES string of the molecule is C[C@H]1[C@@H]2CC[C@@]1(C)C(=O)C2=O. The van der Waals surface area contributed by atoms with Crippen molar-refractivity contribution in [2.75, 3.05) is 0 Å². The van der Waals surface area contributed by atoms with E-state index in [-0.39, 0.29) is 22.9 Å². The molecule has 2 nitrogen and oxygen atoms in total. The fraction of sp³-hybridized carbons (Fsp3) is 0.778. The van der Waals surface area contributed by atoms with Crippen LogP contribution in [0.25, 0.3) is 0 Å². The zero-order chi connectivity index (χ0) is 8.22. The van der Waals surface area contributed by atoms with Crippen LogP contribution in [0.15, 0.2) is 0 Å². The summed E-state index contributed by atoms with van der Waals surface area (Å²) in [6.07, 6.45) is 1.85. The number of fused-ring (bicyclic) bond motifs is 2. The standard InChI is InChI=1S/C9H12O2/c1-5-6-3-4-9(5,2)8(11)7(6)10/h5-6H,3-4H2,1-2H3/t5-,6-,9+/m0/s1. The first-order valence-corrected chi connectivity index (χ1v) is 4.16. The molecule has 2 heteroatoms. The highest BCUT2D eigenvalue weighted by atomic mass is 16.2. The van der Waals surface area contributed by atoms with Crippen molar-refractivity contribution in [3.05, 3.63) is 0 Å². The molecule has 0 heterocycles. The van der Waals surface area contributed by atoms with Gasteiger partial charge in [0.15, 0.2) is 0 Å².